The largest absolute Gasteiger partial charge is 0.378 e. The third-order valence-corrected chi connectivity index (χ3v) is 3.65. The molecule has 4 heteroatoms. The Morgan fingerprint density at radius 2 is 2.28 bits per heavy atom. The summed E-state index contributed by atoms with van der Waals surface area (Å²) < 4.78 is 7.63. The van der Waals surface area contributed by atoms with Crippen LogP contribution in [-0.2, 0) is 24.1 Å². The average Bonchev–Trinajstić information content (AvgIpc) is 3.02. The summed E-state index contributed by atoms with van der Waals surface area (Å²) in [5.74, 6) is 0. The maximum atomic E-state index is 11.2. The molecule has 1 fully saturated rings. The summed E-state index contributed by atoms with van der Waals surface area (Å²) in [5, 5.41) is 4.56. The Morgan fingerprint density at radius 1 is 1.44 bits per heavy atom. The second-order valence-electron chi connectivity index (χ2n) is 4.78. The Hall–Kier alpha value is -1.16. The highest BCUT2D eigenvalue weighted by atomic mass is 16.5. The van der Waals surface area contributed by atoms with E-state index in [9.17, 15) is 4.79 Å². The minimum absolute atomic E-state index is 0.378. The van der Waals surface area contributed by atoms with Crippen LogP contribution in [0.15, 0.2) is 0 Å². The molecule has 100 valence electrons. The average molecular weight is 250 g/mol. The van der Waals surface area contributed by atoms with E-state index >= 15 is 0 Å². The molecular formula is C14H22N2O2. The van der Waals surface area contributed by atoms with Crippen molar-refractivity contribution in [3.8, 4) is 0 Å². The quantitative estimate of drug-likeness (QED) is 0.728. The molecule has 0 aliphatic carbocycles. The van der Waals surface area contributed by atoms with Gasteiger partial charge in [-0.15, -0.1) is 0 Å². The third kappa shape index (κ3) is 2.64. The van der Waals surface area contributed by atoms with Crippen LogP contribution in [0.5, 0.6) is 0 Å². The number of ether oxygens (including phenoxy) is 1. The van der Waals surface area contributed by atoms with E-state index in [2.05, 4.69) is 12.0 Å². The van der Waals surface area contributed by atoms with Gasteiger partial charge in [0.1, 0.15) is 0 Å². The Balaban J connectivity index is 2.10. The van der Waals surface area contributed by atoms with Crippen LogP contribution in [0.2, 0.25) is 0 Å². The molecule has 1 saturated heterocycles. The molecule has 18 heavy (non-hydrogen) atoms. The minimum atomic E-state index is 0.378. The highest BCUT2D eigenvalue weighted by Crippen LogP contribution is 2.19. The van der Waals surface area contributed by atoms with Crippen LogP contribution in [0.1, 0.15) is 54.9 Å². The van der Waals surface area contributed by atoms with E-state index in [1.165, 1.54) is 6.42 Å². The van der Waals surface area contributed by atoms with Gasteiger partial charge in [-0.25, -0.2) is 0 Å². The zero-order valence-electron chi connectivity index (χ0n) is 11.3. The molecule has 1 aromatic rings. The first-order valence-corrected chi connectivity index (χ1v) is 6.95. The van der Waals surface area contributed by atoms with Crippen LogP contribution in [0.25, 0.3) is 0 Å². The van der Waals surface area contributed by atoms with Crippen molar-refractivity contribution in [1.29, 1.82) is 0 Å². The van der Waals surface area contributed by atoms with Crippen molar-refractivity contribution >= 4 is 6.29 Å². The van der Waals surface area contributed by atoms with Crippen LogP contribution in [0.4, 0.5) is 0 Å². The summed E-state index contributed by atoms with van der Waals surface area (Å²) in [6.45, 7) is 5.87. The van der Waals surface area contributed by atoms with E-state index < -0.39 is 0 Å². The van der Waals surface area contributed by atoms with Crippen molar-refractivity contribution in [2.45, 2.75) is 58.6 Å². The highest BCUT2D eigenvalue weighted by Gasteiger charge is 2.18. The molecule has 0 radical (unpaired) electrons. The molecule has 0 amide bonds. The van der Waals surface area contributed by atoms with Gasteiger partial charge in [-0.3, -0.25) is 9.48 Å². The van der Waals surface area contributed by atoms with E-state index in [1.807, 2.05) is 11.6 Å². The Morgan fingerprint density at radius 3 is 2.83 bits per heavy atom. The van der Waals surface area contributed by atoms with Crippen LogP contribution in [-0.4, -0.2) is 28.8 Å². The molecule has 2 rings (SSSR count). The summed E-state index contributed by atoms with van der Waals surface area (Å²) in [7, 11) is 0. The lowest BCUT2D eigenvalue weighted by atomic mass is 10.1. The number of aldehydes is 1. The fourth-order valence-electron chi connectivity index (χ4n) is 2.66. The number of hydrogen-bond donors (Lipinski definition) is 0. The predicted octanol–water partition coefficient (Wildman–Crippen LogP) is 2.39. The number of hydrogen-bond acceptors (Lipinski definition) is 3. The molecule has 0 N–H and O–H groups in total. The lowest BCUT2D eigenvalue weighted by molar-refractivity contribution is 0.0992. The fourth-order valence-corrected chi connectivity index (χ4v) is 2.66. The van der Waals surface area contributed by atoms with Gasteiger partial charge in [-0.2, -0.15) is 5.10 Å². The molecule has 1 aliphatic heterocycles. The predicted molar refractivity (Wildman–Crippen MR) is 70.0 cm³/mol. The first-order valence-electron chi connectivity index (χ1n) is 6.95. The maximum Gasteiger partial charge on any atom is 0.153 e. The Bertz CT molecular complexity index is 406. The second-order valence-corrected chi connectivity index (χ2v) is 4.78. The van der Waals surface area contributed by atoms with Crippen molar-refractivity contribution in [1.82, 2.24) is 9.78 Å². The van der Waals surface area contributed by atoms with E-state index in [0.29, 0.717) is 6.10 Å². The van der Waals surface area contributed by atoms with Crippen molar-refractivity contribution in [3.63, 3.8) is 0 Å². The lowest BCUT2D eigenvalue weighted by Crippen LogP contribution is -2.13. The molecule has 0 aromatic carbocycles. The lowest BCUT2D eigenvalue weighted by Gasteiger charge is -2.11. The summed E-state index contributed by atoms with van der Waals surface area (Å²) in [4.78, 5) is 11.2. The van der Waals surface area contributed by atoms with Gasteiger partial charge in [0.05, 0.1) is 17.4 Å². The Kier molecular flexibility index (Phi) is 4.53. The van der Waals surface area contributed by atoms with Gasteiger partial charge in [0.15, 0.2) is 6.29 Å². The highest BCUT2D eigenvalue weighted by molar-refractivity contribution is 5.78. The Labute approximate surface area is 108 Å². The van der Waals surface area contributed by atoms with Crippen molar-refractivity contribution < 1.29 is 9.53 Å². The SMILES string of the molecule is CCc1nn(CCC2CCCO2)c(CC)c1C=O. The standard InChI is InChI=1S/C14H22N2O2/c1-3-13-12(10-17)14(4-2)16(15-13)8-7-11-6-5-9-18-11/h10-11H,3-9H2,1-2H3. The van der Waals surface area contributed by atoms with Gasteiger partial charge >= 0.3 is 0 Å². The van der Waals surface area contributed by atoms with Gasteiger partial charge in [0.2, 0.25) is 0 Å². The normalized spacial score (nSPS) is 19.3. The van der Waals surface area contributed by atoms with Gasteiger partial charge < -0.3 is 4.74 Å². The number of carbonyl (C=O) groups excluding carboxylic acids is 1. The van der Waals surface area contributed by atoms with Gasteiger partial charge in [0, 0.05) is 18.8 Å². The van der Waals surface area contributed by atoms with Crippen LogP contribution < -0.4 is 0 Å². The fraction of sp³-hybridized carbons (Fsp3) is 0.714. The molecule has 0 bridgehead atoms. The molecular weight excluding hydrogens is 228 g/mol. The molecule has 4 nitrogen and oxygen atoms in total. The number of rotatable bonds is 6. The molecule has 1 atom stereocenters. The number of nitrogens with zero attached hydrogens (tertiary/aromatic N) is 2. The van der Waals surface area contributed by atoms with Crippen LogP contribution >= 0.6 is 0 Å². The van der Waals surface area contributed by atoms with Gasteiger partial charge in [0.25, 0.3) is 0 Å². The topological polar surface area (TPSA) is 44.1 Å². The van der Waals surface area contributed by atoms with E-state index in [1.54, 1.807) is 0 Å². The summed E-state index contributed by atoms with van der Waals surface area (Å²) in [6, 6.07) is 0. The number of aromatic nitrogens is 2. The summed E-state index contributed by atoms with van der Waals surface area (Å²) >= 11 is 0. The van der Waals surface area contributed by atoms with Crippen molar-refractivity contribution in [3.05, 3.63) is 17.0 Å². The number of aryl methyl sites for hydroxylation is 2. The molecule has 1 aromatic heterocycles. The zero-order valence-corrected chi connectivity index (χ0v) is 11.3. The smallest absolute Gasteiger partial charge is 0.153 e. The first-order chi connectivity index (χ1) is 8.80. The molecule has 1 unspecified atom stereocenters. The summed E-state index contributed by atoms with van der Waals surface area (Å²) in [5.41, 5.74) is 2.79. The molecule has 1 aliphatic rings. The van der Waals surface area contributed by atoms with Crippen molar-refractivity contribution in [2.75, 3.05) is 6.61 Å². The van der Waals surface area contributed by atoms with E-state index in [0.717, 1.165) is 62.1 Å². The minimum Gasteiger partial charge on any atom is -0.378 e. The van der Waals surface area contributed by atoms with E-state index in [4.69, 9.17) is 4.74 Å². The molecule has 2 heterocycles. The van der Waals surface area contributed by atoms with Crippen LogP contribution in [0.3, 0.4) is 0 Å². The third-order valence-electron chi connectivity index (χ3n) is 3.65. The van der Waals surface area contributed by atoms with E-state index in [-0.39, 0.29) is 0 Å². The maximum absolute atomic E-state index is 11.2. The second kappa shape index (κ2) is 6.14. The van der Waals surface area contributed by atoms with Crippen molar-refractivity contribution in [2.24, 2.45) is 0 Å². The monoisotopic (exact) mass is 250 g/mol. The first kappa shape index (κ1) is 13.3. The van der Waals surface area contributed by atoms with Gasteiger partial charge in [-0.1, -0.05) is 13.8 Å². The molecule has 0 saturated carbocycles. The molecule has 0 spiro atoms. The number of carbonyl (C=O) groups is 1. The zero-order chi connectivity index (χ0) is 13.0. The van der Waals surface area contributed by atoms with Crippen LogP contribution in [0, 0.1) is 0 Å². The van der Waals surface area contributed by atoms with Gasteiger partial charge in [-0.05, 0) is 32.1 Å². The summed E-state index contributed by atoms with van der Waals surface area (Å²) in [6.07, 6.45) is 6.32.